The van der Waals surface area contributed by atoms with E-state index in [1.54, 1.807) is 0 Å². The first-order valence-corrected chi connectivity index (χ1v) is 6.25. The predicted octanol–water partition coefficient (Wildman–Crippen LogP) is 1.83. The standard InChI is InChI=1S/C12H24O4/c1-3-15-12(16-4-2)6-8-14-10-11-5-7-13-9-11/h11-12H,3-10H2,1-2H3. The molecule has 0 N–H and O–H groups in total. The van der Waals surface area contributed by atoms with Crippen molar-refractivity contribution in [3.05, 3.63) is 0 Å². The molecular weight excluding hydrogens is 208 g/mol. The molecule has 0 aromatic carbocycles. The van der Waals surface area contributed by atoms with Gasteiger partial charge in [0.1, 0.15) is 0 Å². The van der Waals surface area contributed by atoms with Crippen LogP contribution in [-0.4, -0.2) is 45.9 Å². The highest BCUT2D eigenvalue weighted by molar-refractivity contribution is 4.62. The molecule has 1 aliphatic rings. The maximum absolute atomic E-state index is 5.60. The second kappa shape index (κ2) is 8.93. The van der Waals surface area contributed by atoms with Crippen LogP contribution in [0.4, 0.5) is 0 Å². The molecule has 1 aliphatic heterocycles. The molecule has 4 heteroatoms. The Morgan fingerprint density at radius 2 is 2.00 bits per heavy atom. The van der Waals surface area contributed by atoms with Gasteiger partial charge in [0, 0.05) is 32.2 Å². The van der Waals surface area contributed by atoms with Crippen molar-refractivity contribution in [1.29, 1.82) is 0 Å². The Morgan fingerprint density at radius 1 is 1.25 bits per heavy atom. The summed E-state index contributed by atoms with van der Waals surface area (Å²) in [7, 11) is 0. The van der Waals surface area contributed by atoms with E-state index in [4.69, 9.17) is 18.9 Å². The van der Waals surface area contributed by atoms with Gasteiger partial charge < -0.3 is 18.9 Å². The van der Waals surface area contributed by atoms with Crippen molar-refractivity contribution in [1.82, 2.24) is 0 Å². The van der Waals surface area contributed by atoms with Crippen LogP contribution in [0.1, 0.15) is 26.7 Å². The summed E-state index contributed by atoms with van der Waals surface area (Å²) in [5.74, 6) is 0.581. The molecule has 16 heavy (non-hydrogen) atoms. The third kappa shape index (κ3) is 5.80. The largest absolute Gasteiger partial charge is 0.381 e. The molecule has 0 bridgehead atoms. The molecule has 1 heterocycles. The summed E-state index contributed by atoms with van der Waals surface area (Å²) in [5, 5.41) is 0. The van der Waals surface area contributed by atoms with Gasteiger partial charge in [0.15, 0.2) is 6.29 Å². The number of ether oxygens (including phenoxy) is 4. The molecule has 0 spiro atoms. The second-order valence-electron chi connectivity index (χ2n) is 3.93. The van der Waals surface area contributed by atoms with E-state index in [2.05, 4.69) is 0 Å². The Labute approximate surface area is 98.2 Å². The smallest absolute Gasteiger partial charge is 0.159 e. The normalized spacial score (nSPS) is 20.8. The number of hydrogen-bond donors (Lipinski definition) is 0. The highest BCUT2D eigenvalue weighted by atomic mass is 16.7. The van der Waals surface area contributed by atoms with Gasteiger partial charge in [-0.05, 0) is 20.3 Å². The summed E-state index contributed by atoms with van der Waals surface area (Å²) in [6.07, 6.45) is 1.81. The molecule has 4 nitrogen and oxygen atoms in total. The lowest BCUT2D eigenvalue weighted by Gasteiger charge is -2.17. The van der Waals surface area contributed by atoms with Gasteiger partial charge in [0.2, 0.25) is 0 Å². The zero-order valence-corrected chi connectivity index (χ0v) is 10.4. The van der Waals surface area contributed by atoms with Crippen molar-refractivity contribution in [2.24, 2.45) is 5.92 Å². The van der Waals surface area contributed by atoms with Crippen LogP contribution in [-0.2, 0) is 18.9 Å². The first kappa shape index (κ1) is 13.9. The summed E-state index contributed by atoms with van der Waals surface area (Å²) in [5.41, 5.74) is 0. The molecular formula is C12H24O4. The van der Waals surface area contributed by atoms with Crippen molar-refractivity contribution in [2.75, 3.05) is 39.6 Å². The monoisotopic (exact) mass is 232 g/mol. The lowest BCUT2D eigenvalue weighted by molar-refractivity contribution is -0.147. The molecule has 0 saturated carbocycles. The molecule has 0 aromatic rings. The van der Waals surface area contributed by atoms with E-state index in [-0.39, 0.29) is 6.29 Å². The molecule has 1 atom stereocenters. The molecule has 0 amide bonds. The van der Waals surface area contributed by atoms with Crippen molar-refractivity contribution < 1.29 is 18.9 Å². The quantitative estimate of drug-likeness (QED) is 0.449. The second-order valence-corrected chi connectivity index (χ2v) is 3.93. The molecule has 96 valence electrons. The van der Waals surface area contributed by atoms with E-state index in [0.29, 0.717) is 25.7 Å². The van der Waals surface area contributed by atoms with Crippen LogP contribution in [0.5, 0.6) is 0 Å². The van der Waals surface area contributed by atoms with Gasteiger partial charge in [0.05, 0.1) is 19.8 Å². The molecule has 1 fully saturated rings. The highest BCUT2D eigenvalue weighted by Gasteiger charge is 2.15. The van der Waals surface area contributed by atoms with Gasteiger partial charge in [-0.15, -0.1) is 0 Å². The summed E-state index contributed by atoms with van der Waals surface area (Å²) in [6.45, 7) is 8.54. The van der Waals surface area contributed by atoms with Crippen LogP contribution in [0, 0.1) is 5.92 Å². The minimum Gasteiger partial charge on any atom is -0.381 e. The molecule has 1 saturated heterocycles. The first-order chi connectivity index (χ1) is 7.86. The van der Waals surface area contributed by atoms with E-state index in [0.717, 1.165) is 32.7 Å². The Morgan fingerprint density at radius 3 is 2.56 bits per heavy atom. The Hall–Kier alpha value is -0.160. The van der Waals surface area contributed by atoms with Crippen LogP contribution in [0.2, 0.25) is 0 Å². The maximum atomic E-state index is 5.60. The SMILES string of the molecule is CCOC(CCOCC1CCOC1)OCC. The van der Waals surface area contributed by atoms with Crippen LogP contribution < -0.4 is 0 Å². The first-order valence-electron chi connectivity index (χ1n) is 6.25. The van der Waals surface area contributed by atoms with E-state index < -0.39 is 0 Å². The van der Waals surface area contributed by atoms with Crippen molar-refractivity contribution in [3.63, 3.8) is 0 Å². The van der Waals surface area contributed by atoms with Crippen LogP contribution in [0.15, 0.2) is 0 Å². The van der Waals surface area contributed by atoms with E-state index in [1.165, 1.54) is 0 Å². The van der Waals surface area contributed by atoms with Crippen LogP contribution in [0.25, 0.3) is 0 Å². The highest BCUT2D eigenvalue weighted by Crippen LogP contribution is 2.12. The Bertz CT molecular complexity index is 151. The van der Waals surface area contributed by atoms with Crippen LogP contribution in [0.3, 0.4) is 0 Å². The van der Waals surface area contributed by atoms with Gasteiger partial charge in [-0.25, -0.2) is 0 Å². The predicted molar refractivity (Wildman–Crippen MR) is 61.4 cm³/mol. The van der Waals surface area contributed by atoms with Gasteiger partial charge in [-0.3, -0.25) is 0 Å². The van der Waals surface area contributed by atoms with Crippen molar-refractivity contribution >= 4 is 0 Å². The summed E-state index contributed by atoms with van der Waals surface area (Å²) in [4.78, 5) is 0. The average Bonchev–Trinajstić information content (AvgIpc) is 2.78. The number of rotatable bonds is 9. The zero-order chi connectivity index (χ0) is 11.6. The molecule has 1 rings (SSSR count). The Kier molecular flexibility index (Phi) is 7.76. The fourth-order valence-electron chi connectivity index (χ4n) is 1.73. The molecule has 0 radical (unpaired) electrons. The third-order valence-electron chi connectivity index (χ3n) is 2.58. The summed E-state index contributed by atoms with van der Waals surface area (Å²) >= 11 is 0. The minimum atomic E-state index is -0.116. The van der Waals surface area contributed by atoms with Crippen molar-refractivity contribution in [2.45, 2.75) is 33.0 Å². The number of hydrogen-bond acceptors (Lipinski definition) is 4. The average molecular weight is 232 g/mol. The topological polar surface area (TPSA) is 36.9 Å². The summed E-state index contributed by atoms with van der Waals surface area (Å²) in [6, 6.07) is 0. The maximum Gasteiger partial charge on any atom is 0.159 e. The zero-order valence-electron chi connectivity index (χ0n) is 10.4. The van der Waals surface area contributed by atoms with Crippen molar-refractivity contribution in [3.8, 4) is 0 Å². The summed E-state index contributed by atoms with van der Waals surface area (Å²) < 4.78 is 21.7. The third-order valence-corrected chi connectivity index (χ3v) is 2.58. The minimum absolute atomic E-state index is 0.116. The molecule has 1 unspecified atom stereocenters. The van der Waals surface area contributed by atoms with Gasteiger partial charge in [0.25, 0.3) is 0 Å². The molecule has 0 aromatic heterocycles. The lowest BCUT2D eigenvalue weighted by Crippen LogP contribution is -2.20. The van der Waals surface area contributed by atoms with Gasteiger partial charge in [-0.2, -0.15) is 0 Å². The van der Waals surface area contributed by atoms with Gasteiger partial charge in [-0.1, -0.05) is 0 Å². The lowest BCUT2D eigenvalue weighted by atomic mass is 10.1. The fourth-order valence-corrected chi connectivity index (χ4v) is 1.73. The van der Waals surface area contributed by atoms with E-state index >= 15 is 0 Å². The fraction of sp³-hybridized carbons (Fsp3) is 1.00. The van der Waals surface area contributed by atoms with E-state index in [9.17, 15) is 0 Å². The van der Waals surface area contributed by atoms with Crippen LogP contribution >= 0.6 is 0 Å². The van der Waals surface area contributed by atoms with Gasteiger partial charge >= 0.3 is 0 Å². The molecule has 0 aliphatic carbocycles. The van der Waals surface area contributed by atoms with E-state index in [1.807, 2.05) is 13.8 Å². The Balaban J connectivity index is 1.98.